The first-order chi connectivity index (χ1) is 15.9. The van der Waals surface area contributed by atoms with Crippen LogP contribution in [-0.2, 0) is 0 Å². The van der Waals surface area contributed by atoms with Crippen LogP contribution in [0.5, 0.6) is 23.0 Å². The zero-order valence-electron chi connectivity index (χ0n) is 19.7. The molecule has 3 rings (SSSR count). The number of carbonyl (C=O) groups is 1. The van der Waals surface area contributed by atoms with E-state index in [0.717, 1.165) is 26.2 Å². The maximum atomic E-state index is 12.7. The fourth-order valence-corrected chi connectivity index (χ4v) is 3.62. The number of amides is 1. The lowest BCUT2D eigenvalue weighted by atomic mass is 10.1. The fraction of sp³-hybridized carbons (Fsp3) is 0.458. The number of nitrogens with one attached hydrogen (secondary N) is 1. The zero-order valence-corrected chi connectivity index (χ0v) is 19.7. The maximum absolute atomic E-state index is 12.7. The molecular weight excluding hydrogens is 426 g/mol. The average Bonchev–Trinajstić information content (AvgIpc) is 2.84. The van der Waals surface area contributed by atoms with Crippen molar-refractivity contribution in [3.8, 4) is 23.0 Å². The van der Waals surface area contributed by atoms with E-state index < -0.39 is 6.10 Å². The van der Waals surface area contributed by atoms with Gasteiger partial charge in [0, 0.05) is 44.0 Å². The number of anilines is 1. The van der Waals surface area contributed by atoms with Crippen LogP contribution in [-0.4, -0.2) is 94.6 Å². The summed E-state index contributed by atoms with van der Waals surface area (Å²) in [4.78, 5) is 17.2. The predicted molar refractivity (Wildman–Crippen MR) is 126 cm³/mol. The molecule has 2 N–H and O–H groups in total. The highest BCUT2D eigenvalue weighted by Crippen LogP contribution is 2.38. The minimum absolute atomic E-state index is 0.212. The number of rotatable bonds is 10. The minimum atomic E-state index is -0.562. The smallest absolute Gasteiger partial charge is 0.255 e. The van der Waals surface area contributed by atoms with Crippen molar-refractivity contribution in [1.29, 1.82) is 0 Å². The van der Waals surface area contributed by atoms with Crippen LogP contribution in [0.2, 0.25) is 0 Å². The third-order valence-electron chi connectivity index (χ3n) is 5.55. The van der Waals surface area contributed by atoms with E-state index in [4.69, 9.17) is 18.9 Å². The monoisotopic (exact) mass is 459 g/mol. The summed E-state index contributed by atoms with van der Waals surface area (Å²) in [7, 11) is 6.61. The summed E-state index contributed by atoms with van der Waals surface area (Å²) >= 11 is 0. The maximum Gasteiger partial charge on any atom is 0.255 e. The molecule has 180 valence electrons. The van der Waals surface area contributed by atoms with E-state index in [-0.39, 0.29) is 12.5 Å². The summed E-state index contributed by atoms with van der Waals surface area (Å²) in [6, 6.07) is 10.2. The predicted octanol–water partition coefficient (Wildman–Crippen LogP) is 1.95. The van der Waals surface area contributed by atoms with Gasteiger partial charge >= 0.3 is 0 Å². The van der Waals surface area contributed by atoms with Crippen LogP contribution < -0.4 is 24.3 Å². The fourth-order valence-electron chi connectivity index (χ4n) is 3.62. The van der Waals surface area contributed by atoms with Crippen molar-refractivity contribution in [2.45, 2.75) is 6.10 Å². The molecule has 0 aliphatic carbocycles. The quantitative estimate of drug-likeness (QED) is 0.557. The number of β-amino-alcohol motifs (C(OH)–C–C–N with tert-alkyl or cyclic N) is 1. The number of hydrogen-bond donors (Lipinski definition) is 2. The number of methoxy groups -OCH3 is 3. The Labute approximate surface area is 194 Å². The Morgan fingerprint density at radius 2 is 1.61 bits per heavy atom. The molecule has 0 radical (unpaired) electrons. The van der Waals surface area contributed by atoms with E-state index in [0.29, 0.717) is 40.8 Å². The molecule has 0 bridgehead atoms. The number of aliphatic hydroxyl groups excluding tert-OH is 1. The summed E-state index contributed by atoms with van der Waals surface area (Å²) < 4.78 is 21.6. The Balaban J connectivity index is 1.53. The van der Waals surface area contributed by atoms with Crippen LogP contribution >= 0.6 is 0 Å². The number of likely N-dealkylation sites (N-methyl/N-ethyl adjacent to an activating group) is 1. The van der Waals surface area contributed by atoms with E-state index in [9.17, 15) is 9.90 Å². The first-order valence-corrected chi connectivity index (χ1v) is 10.9. The number of nitrogens with zero attached hydrogens (tertiary/aromatic N) is 2. The van der Waals surface area contributed by atoms with E-state index in [1.54, 1.807) is 36.4 Å². The van der Waals surface area contributed by atoms with Gasteiger partial charge in [-0.25, -0.2) is 0 Å². The third-order valence-corrected chi connectivity index (χ3v) is 5.55. The third kappa shape index (κ3) is 6.74. The van der Waals surface area contributed by atoms with E-state index in [2.05, 4.69) is 22.2 Å². The van der Waals surface area contributed by atoms with E-state index >= 15 is 0 Å². The summed E-state index contributed by atoms with van der Waals surface area (Å²) in [6.07, 6.45) is -0.562. The Morgan fingerprint density at radius 1 is 1.00 bits per heavy atom. The Kier molecular flexibility index (Phi) is 8.76. The summed E-state index contributed by atoms with van der Waals surface area (Å²) in [5.41, 5.74) is 0.982. The van der Waals surface area contributed by atoms with Crippen molar-refractivity contribution in [3.05, 3.63) is 42.0 Å². The van der Waals surface area contributed by atoms with Gasteiger partial charge in [-0.3, -0.25) is 9.69 Å². The highest BCUT2D eigenvalue weighted by Gasteiger charge is 2.18. The highest BCUT2D eigenvalue weighted by molar-refractivity contribution is 6.05. The molecule has 1 amide bonds. The van der Waals surface area contributed by atoms with Crippen LogP contribution in [0.1, 0.15) is 10.4 Å². The van der Waals surface area contributed by atoms with E-state index in [1.165, 1.54) is 21.3 Å². The van der Waals surface area contributed by atoms with Gasteiger partial charge in [-0.05, 0) is 43.4 Å². The molecule has 2 aromatic carbocycles. The van der Waals surface area contributed by atoms with Crippen molar-refractivity contribution < 1.29 is 28.8 Å². The van der Waals surface area contributed by atoms with Crippen molar-refractivity contribution >= 4 is 11.6 Å². The number of carbonyl (C=O) groups excluding carboxylic acids is 1. The van der Waals surface area contributed by atoms with Gasteiger partial charge in [0.05, 0.1) is 21.3 Å². The largest absolute Gasteiger partial charge is 0.493 e. The average molecular weight is 460 g/mol. The van der Waals surface area contributed by atoms with Crippen molar-refractivity contribution in [3.63, 3.8) is 0 Å². The first kappa shape index (κ1) is 24.6. The molecule has 9 heteroatoms. The molecule has 1 heterocycles. The van der Waals surface area contributed by atoms with Crippen molar-refractivity contribution in [2.75, 3.05) is 73.0 Å². The molecule has 0 saturated carbocycles. The number of benzene rings is 2. The van der Waals surface area contributed by atoms with Crippen LogP contribution in [0, 0.1) is 0 Å². The Hall–Kier alpha value is -3.01. The Bertz CT molecular complexity index is 888. The molecule has 1 saturated heterocycles. The molecule has 1 aliphatic rings. The second kappa shape index (κ2) is 11.7. The number of hydrogen-bond acceptors (Lipinski definition) is 8. The van der Waals surface area contributed by atoms with Crippen molar-refractivity contribution in [1.82, 2.24) is 9.80 Å². The summed E-state index contributed by atoms with van der Waals surface area (Å²) in [5, 5.41) is 13.1. The molecule has 9 nitrogen and oxygen atoms in total. The molecule has 2 aromatic rings. The van der Waals surface area contributed by atoms with E-state index in [1.807, 2.05) is 0 Å². The van der Waals surface area contributed by atoms with Gasteiger partial charge in [0.15, 0.2) is 11.5 Å². The lowest BCUT2D eigenvalue weighted by Crippen LogP contribution is -2.47. The van der Waals surface area contributed by atoms with Crippen LogP contribution in [0.3, 0.4) is 0 Å². The first-order valence-electron chi connectivity index (χ1n) is 10.9. The van der Waals surface area contributed by atoms with Gasteiger partial charge in [0.1, 0.15) is 18.5 Å². The zero-order chi connectivity index (χ0) is 23.8. The topological polar surface area (TPSA) is 92.7 Å². The molecule has 0 aromatic heterocycles. The lowest BCUT2D eigenvalue weighted by molar-refractivity contribution is 0.0505. The minimum Gasteiger partial charge on any atom is -0.493 e. The molecule has 1 atom stereocenters. The highest BCUT2D eigenvalue weighted by atomic mass is 16.5. The SMILES string of the molecule is COc1cc(C(=O)Nc2ccc(OCC(O)CN3CCN(C)CC3)cc2)cc(OC)c1OC. The second-order valence-corrected chi connectivity index (χ2v) is 7.96. The molecule has 0 spiro atoms. The number of ether oxygens (including phenoxy) is 4. The van der Waals surface area contributed by atoms with Gasteiger partial charge in [-0.15, -0.1) is 0 Å². The molecule has 1 unspecified atom stereocenters. The van der Waals surface area contributed by atoms with Gasteiger partial charge in [0.2, 0.25) is 5.75 Å². The molecule has 1 fully saturated rings. The van der Waals surface area contributed by atoms with Crippen LogP contribution in [0.15, 0.2) is 36.4 Å². The summed E-state index contributed by atoms with van der Waals surface area (Å²) in [5.74, 6) is 1.54. The molecule has 33 heavy (non-hydrogen) atoms. The summed E-state index contributed by atoms with van der Waals surface area (Å²) in [6.45, 7) is 4.73. The van der Waals surface area contributed by atoms with Crippen LogP contribution in [0.4, 0.5) is 5.69 Å². The van der Waals surface area contributed by atoms with Crippen LogP contribution in [0.25, 0.3) is 0 Å². The number of piperazine rings is 1. The van der Waals surface area contributed by atoms with Gasteiger partial charge < -0.3 is 34.3 Å². The normalized spacial score (nSPS) is 15.5. The molecule has 1 aliphatic heterocycles. The number of aliphatic hydroxyl groups is 1. The Morgan fingerprint density at radius 3 is 2.15 bits per heavy atom. The van der Waals surface area contributed by atoms with Gasteiger partial charge in [0.25, 0.3) is 5.91 Å². The lowest BCUT2D eigenvalue weighted by Gasteiger charge is -2.33. The van der Waals surface area contributed by atoms with Gasteiger partial charge in [-0.1, -0.05) is 0 Å². The van der Waals surface area contributed by atoms with Gasteiger partial charge in [-0.2, -0.15) is 0 Å². The van der Waals surface area contributed by atoms with Crippen molar-refractivity contribution in [2.24, 2.45) is 0 Å². The standard InChI is InChI=1S/C24H33N3O6/c1-26-9-11-27(12-10-26)15-19(28)16-33-20-7-5-18(6-8-20)25-24(29)17-13-21(30-2)23(32-4)22(14-17)31-3/h5-8,13-14,19,28H,9-12,15-16H2,1-4H3,(H,25,29). The second-order valence-electron chi connectivity index (χ2n) is 7.96. The molecular formula is C24H33N3O6.